The van der Waals surface area contributed by atoms with E-state index in [0.717, 1.165) is 29.4 Å². The van der Waals surface area contributed by atoms with Gasteiger partial charge in [0.1, 0.15) is 0 Å². The standard InChI is InChI=1S/C17H30N2S/c1-3-4-5-18-16(20)19-12(2)17-9-13-6-14(10-17)8-15(7-13)11-17/h12-15H,3-11H2,1-2H3,(H2,18,19,20). The van der Waals surface area contributed by atoms with Crippen molar-refractivity contribution in [3.63, 3.8) is 0 Å². The number of rotatable bonds is 5. The molecule has 0 aromatic rings. The van der Waals surface area contributed by atoms with Crippen molar-refractivity contribution in [2.24, 2.45) is 23.2 Å². The minimum atomic E-state index is 0.539. The lowest BCUT2D eigenvalue weighted by Crippen LogP contribution is -2.57. The summed E-state index contributed by atoms with van der Waals surface area (Å²) in [5, 5.41) is 7.86. The molecule has 20 heavy (non-hydrogen) atoms. The monoisotopic (exact) mass is 294 g/mol. The van der Waals surface area contributed by atoms with Gasteiger partial charge in [-0.1, -0.05) is 13.3 Å². The van der Waals surface area contributed by atoms with Crippen LogP contribution in [0.25, 0.3) is 0 Å². The van der Waals surface area contributed by atoms with Gasteiger partial charge >= 0.3 is 0 Å². The molecule has 4 fully saturated rings. The molecular weight excluding hydrogens is 264 g/mol. The van der Waals surface area contributed by atoms with E-state index in [2.05, 4.69) is 24.5 Å². The smallest absolute Gasteiger partial charge is 0.166 e. The fourth-order valence-corrected chi connectivity index (χ4v) is 5.77. The minimum absolute atomic E-state index is 0.539. The molecule has 3 heteroatoms. The summed E-state index contributed by atoms with van der Waals surface area (Å²) in [7, 11) is 0. The Balaban J connectivity index is 1.56. The summed E-state index contributed by atoms with van der Waals surface area (Å²) in [5.41, 5.74) is 0.547. The third kappa shape index (κ3) is 2.84. The topological polar surface area (TPSA) is 24.1 Å². The van der Waals surface area contributed by atoms with Crippen molar-refractivity contribution in [2.45, 2.75) is 71.3 Å². The summed E-state index contributed by atoms with van der Waals surface area (Å²) in [5.74, 6) is 3.06. The predicted octanol–water partition coefficient (Wildman–Crippen LogP) is 3.86. The van der Waals surface area contributed by atoms with Gasteiger partial charge in [-0.2, -0.15) is 0 Å². The first-order valence-corrected chi connectivity index (χ1v) is 9.06. The molecule has 0 heterocycles. The molecule has 4 aliphatic rings. The SMILES string of the molecule is CCCCNC(=S)NC(C)C12CC3CC(CC(C3)C1)C2. The third-order valence-electron chi connectivity index (χ3n) is 6.17. The second-order valence-corrected chi connectivity index (χ2v) is 8.16. The van der Waals surface area contributed by atoms with Gasteiger partial charge < -0.3 is 10.6 Å². The predicted molar refractivity (Wildman–Crippen MR) is 88.7 cm³/mol. The molecule has 4 aliphatic carbocycles. The van der Waals surface area contributed by atoms with Crippen LogP contribution in [0.1, 0.15) is 65.2 Å². The van der Waals surface area contributed by atoms with Gasteiger partial charge in [-0.15, -0.1) is 0 Å². The Labute approximate surface area is 129 Å². The van der Waals surface area contributed by atoms with Gasteiger partial charge in [0.2, 0.25) is 0 Å². The molecule has 0 aromatic carbocycles. The first-order valence-electron chi connectivity index (χ1n) is 8.65. The average molecular weight is 295 g/mol. The molecule has 2 N–H and O–H groups in total. The molecular formula is C17H30N2S. The highest BCUT2D eigenvalue weighted by molar-refractivity contribution is 7.80. The highest BCUT2D eigenvalue weighted by Crippen LogP contribution is 2.61. The molecule has 0 aliphatic heterocycles. The molecule has 2 nitrogen and oxygen atoms in total. The zero-order chi connectivity index (χ0) is 14.2. The number of hydrogen-bond donors (Lipinski definition) is 2. The lowest BCUT2D eigenvalue weighted by atomic mass is 9.48. The van der Waals surface area contributed by atoms with Crippen molar-refractivity contribution >= 4 is 17.3 Å². The molecule has 4 saturated carbocycles. The maximum atomic E-state index is 5.48. The Morgan fingerprint density at radius 3 is 2.20 bits per heavy atom. The Kier molecular flexibility index (Phi) is 4.26. The summed E-state index contributed by atoms with van der Waals surface area (Å²) >= 11 is 5.48. The highest BCUT2D eigenvalue weighted by atomic mass is 32.1. The van der Waals surface area contributed by atoms with E-state index in [1.807, 2.05) is 0 Å². The van der Waals surface area contributed by atoms with Crippen LogP contribution in [0.2, 0.25) is 0 Å². The fourth-order valence-electron chi connectivity index (χ4n) is 5.49. The van der Waals surface area contributed by atoms with Crippen molar-refractivity contribution < 1.29 is 0 Å². The van der Waals surface area contributed by atoms with Gasteiger partial charge in [-0.25, -0.2) is 0 Å². The van der Waals surface area contributed by atoms with Gasteiger partial charge in [0, 0.05) is 12.6 Å². The first kappa shape index (κ1) is 14.6. The second-order valence-electron chi connectivity index (χ2n) is 7.76. The molecule has 0 radical (unpaired) electrons. The molecule has 0 amide bonds. The number of unbranched alkanes of at least 4 members (excludes halogenated alkanes) is 1. The molecule has 0 saturated heterocycles. The van der Waals surface area contributed by atoms with Gasteiger partial charge in [-0.3, -0.25) is 0 Å². The van der Waals surface area contributed by atoms with E-state index >= 15 is 0 Å². The van der Waals surface area contributed by atoms with Crippen molar-refractivity contribution in [2.75, 3.05) is 6.54 Å². The van der Waals surface area contributed by atoms with Gasteiger partial charge in [0.25, 0.3) is 0 Å². The van der Waals surface area contributed by atoms with Crippen LogP contribution in [-0.2, 0) is 0 Å². The Morgan fingerprint density at radius 2 is 1.70 bits per heavy atom. The molecule has 4 bridgehead atoms. The summed E-state index contributed by atoms with van der Waals surface area (Å²) < 4.78 is 0. The van der Waals surface area contributed by atoms with Gasteiger partial charge in [0.15, 0.2) is 5.11 Å². The molecule has 1 unspecified atom stereocenters. The maximum absolute atomic E-state index is 5.48. The molecule has 1 atom stereocenters. The van der Waals surface area contributed by atoms with E-state index in [4.69, 9.17) is 12.2 Å². The summed E-state index contributed by atoms with van der Waals surface area (Å²) in [6.45, 7) is 5.60. The van der Waals surface area contributed by atoms with Crippen LogP contribution in [0.5, 0.6) is 0 Å². The normalized spacial score (nSPS) is 39.6. The van der Waals surface area contributed by atoms with E-state index in [1.165, 1.54) is 51.4 Å². The largest absolute Gasteiger partial charge is 0.363 e. The van der Waals surface area contributed by atoms with E-state index in [1.54, 1.807) is 0 Å². The van der Waals surface area contributed by atoms with Crippen LogP contribution >= 0.6 is 12.2 Å². The first-order chi connectivity index (χ1) is 9.61. The molecule has 0 aromatic heterocycles. The van der Waals surface area contributed by atoms with Gasteiger partial charge in [-0.05, 0) is 87.3 Å². The van der Waals surface area contributed by atoms with Crippen LogP contribution in [0, 0.1) is 23.2 Å². The van der Waals surface area contributed by atoms with E-state index in [9.17, 15) is 0 Å². The van der Waals surface area contributed by atoms with E-state index in [0.29, 0.717) is 11.5 Å². The van der Waals surface area contributed by atoms with E-state index < -0.39 is 0 Å². The lowest BCUT2D eigenvalue weighted by molar-refractivity contribution is -0.0672. The molecule has 114 valence electrons. The zero-order valence-corrected chi connectivity index (χ0v) is 13.9. The highest BCUT2D eigenvalue weighted by Gasteiger charge is 2.53. The lowest BCUT2D eigenvalue weighted by Gasteiger charge is -2.59. The average Bonchev–Trinajstić information content (AvgIpc) is 2.37. The van der Waals surface area contributed by atoms with Crippen molar-refractivity contribution in [1.29, 1.82) is 0 Å². The third-order valence-corrected chi connectivity index (χ3v) is 6.43. The Bertz CT molecular complexity index is 331. The fraction of sp³-hybridized carbons (Fsp3) is 0.941. The van der Waals surface area contributed by atoms with Crippen molar-refractivity contribution in [3.05, 3.63) is 0 Å². The quantitative estimate of drug-likeness (QED) is 0.595. The summed E-state index contributed by atoms with van der Waals surface area (Å²) in [6, 6.07) is 0.539. The van der Waals surface area contributed by atoms with Gasteiger partial charge in [0.05, 0.1) is 0 Å². The van der Waals surface area contributed by atoms with Crippen molar-refractivity contribution in [1.82, 2.24) is 10.6 Å². The van der Waals surface area contributed by atoms with E-state index in [-0.39, 0.29) is 0 Å². The maximum Gasteiger partial charge on any atom is 0.166 e. The van der Waals surface area contributed by atoms with Crippen LogP contribution in [0.3, 0.4) is 0 Å². The summed E-state index contributed by atoms with van der Waals surface area (Å²) in [4.78, 5) is 0. The van der Waals surface area contributed by atoms with Crippen LogP contribution in [0.4, 0.5) is 0 Å². The summed E-state index contributed by atoms with van der Waals surface area (Å²) in [6.07, 6.45) is 11.3. The zero-order valence-electron chi connectivity index (χ0n) is 13.1. The van der Waals surface area contributed by atoms with Crippen LogP contribution < -0.4 is 10.6 Å². The Morgan fingerprint density at radius 1 is 1.15 bits per heavy atom. The minimum Gasteiger partial charge on any atom is -0.363 e. The van der Waals surface area contributed by atoms with Crippen molar-refractivity contribution in [3.8, 4) is 0 Å². The number of thiocarbonyl (C=S) groups is 1. The number of hydrogen-bond acceptors (Lipinski definition) is 1. The Hall–Kier alpha value is -0.310. The second kappa shape index (κ2) is 5.82. The number of nitrogens with one attached hydrogen (secondary N) is 2. The van der Waals surface area contributed by atoms with Crippen LogP contribution in [-0.4, -0.2) is 17.7 Å². The molecule has 0 spiro atoms. The van der Waals surface area contributed by atoms with Crippen LogP contribution in [0.15, 0.2) is 0 Å². The molecule has 4 rings (SSSR count).